The van der Waals surface area contributed by atoms with Gasteiger partial charge in [-0.1, -0.05) is 6.07 Å². The van der Waals surface area contributed by atoms with Crippen molar-refractivity contribution in [3.8, 4) is 5.75 Å². The molecule has 3 rings (SSSR count). The van der Waals surface area contributed by atoms with Gasteiger partial charge in [0.1, 0.15) is 5.75 Å². The van der Waals surface area contributed by atoms with E-state index in [0.717, 1.165) is 44.8 Å². The van der Waals surface area contributed by atoms with Crippen molar-refractivity contribution in [3.63, 3.8) is 0 Å². The number of carbonyl (C=O) groups is 1. The predicted molar refractivity (Wildman–Crippen MR) is 110 cm³/mol. The summed E-state index contributed by atoms with van der Waals surface area (Å²) >= 11 is 0. The van der Waals surface area contributed by atoms with E-state index in [1.165, 1.54) is 18.2 Å². The van der Waals surface area contributed by atoms with Crippen LogP contribution in [-0.2, 0) is 16.1 Å². The number of rotatable bonds is 10. The molecule has 0 bridgehead atoms. The molecule has 0 spiro atoms. The van der Waals surface area contributed by atoms with Gasteiger partial charge in [-0.3, -0.25) is 24.8 Å². The van der Waals surface area contributed by atoms with Gasteiger partial charge in [0.2, 0.25) is 0 Å². The lowest BCUT2D eigenvalue weighted by Crippen LogP contribution is -2.40. The maximum atomic E-state index is 12.8. The summed E-state index contributed by atoms with van der Waals surface area (Å²) in [5, 5.41) is 10.9. The molecule has 30 heavy (non-hydrogen) atoms. The van der Waals surface area contributed by atoms with E-state index < -0.39 is 4.92 Å². The number of amides is 1. The van der Waals surface area contributed by atoms with Gasteiger partial charge in [0.15, 0.2) is 6.61 Å². The fraction of sp³-hybridized carbons (Fsp3) is 0.429. The Morgan fingerprint density at radius 2 is 2.00 bits per heavy atom. The average molecular weight is 414 g/mol. The van der Waals surface area contributed by atoms with Crippen molar-refractivity contribution < 1.29 is 19.2 Å². The van der Waals surface area contributed by atoms with Crippen molar-refractivity contribution in [3.05, 3.63) is 64.5 Å². The van der Waals surface area contributed by atoms with E-state index in [9.17, 15) is 14.9 Å². The zero-order chi connectivity index (χ0) is 21.2. The molecular formula is C21H26N4O5. The topological polar surface area (TPSA) is 98.0 Å². The third-order valence-corrected chi connectivity index (χ3v) is 4.87. The van der Waals surface area contributed by atoms with Gasteiger partial charge in [0.05, 0.1) is 24.2 Å². The first-order valence-corrected chi connectivity index (χ1v) is 9.96. The Bertz CT molecular complexity index is 827. The molecule has 1 aliphatic heterocycles. The summed E-state index contributed by atoms with van der Waals surface area (Å²) in [6.45, 7) is 5.09. The van der Waals surface area contributed by atoms with Crippen molar-refractivity contribution in [1.82, 2.24) is 14.8 Å². The lowest BCUT2D eigenvalue weighted by atomic mass is 10.2. The molecule has 1 aromatic carbocycles. The first kappa shape index (κ1) is 21.7. The largest absolute Gasteiger partial charge is 0.484 e. The number of hydrogen-bond acceptors (Lipinski definition) is 7. The Morgan fingerprint density at radius 3 is 2.73 bits per heavy atom. The number of nitrogens with zero attached hydrogens (tertiary/aromatic N) is 4. The third kappa shape index (κ3) is 6.78. The molecule has 9 nitrogen and oxygen atoms in total. The van der Waals surface area contributed by atoms with E-state index in [2.05, 4.69) is 9.88 Å². The number of benzene rings is 1. The average Bonchev–Trinajstić information content (AvgIpc) is 2.78. The Balaban J connectivity index is 1.57. The van der Waals surface area contributed by atoms with E-state index in [0.29, 0.717) is 18.8 Å². The number of nitro benzene ring substituents is 1. The van der Waals surface area contributed by atoms with E-state index in [-0.39, 0.29) is 18.2 Å². The Labute approximate surface area is 175 Å². The molecule has 0 aliphatic carbocycles. The Kier molecular flexibility index (Phi) is 8.10. The molecule has 2 aromatic rings. The van der Waals surface area contributed by atoms with Crippen molar-refractivity contribution >= 4 is 11.6 Å². The zero-order valence-electron chi connectivity index (χ0n) is 16.8. The van der Waals surface area contributed by atoms with Crippen molar-refractivity contribution in [2.75, 3.05) is 46.0 Å². The van der Waals surface area contributed by atoms with Gasteiger partial charge < -0.3 is 14.4 Å². The number of aromatic nitrogens is 1. The molecule has 0 radical (unpaired) electrons. The molecule has 0 atom stereocenters. The molecule has 1 saturated heterocycles. The quantitative estimate of drug-likeness (QED) is 0.434. The molecule has 1 amide bonds. The highest BCUT2D eigenvalue weighted by Gasteiger charge is 2.17. The van der Waals surface area contributed by atoms with Gasteiger partial charge >= 0.3 is 0 Å². The van der Waals surface area contributed by atoms with Crippen LogP contribution in [0.1, 0.15) is 12.0 Å². The number of carbonyl (C=O) groups excluding carboxylic acids is 1. The highest BCUT2D eigenvalue weighted by atomic mass is 16.6. The second-order valence-corrected chi connectivity index (χ2v) is 7.02. The predicted octanol–water partition coefficient (Wildman–Crippen LogP) is 2.12. The maximum absolute atomic E-state index is 12.8. The van der Waals surface area contributed by atoms with Crippen molar-refractivity contribution in [2.45, 2.75) is 13.0 Å². The minimum atomic E-state index is -0.490. The van der Waals surface area contributed by atoms with Crippen LogP contribution in [0.25, 0.3) is 0 Å². The molecule has 9 heteroatoms. The van der Waals surface area contributed by atoms with Gasteiger partial charge in [-0.25, -0.2) is 0 Å². The molecule has 1 fully saturated rings. The Morgan fingerprint density at radius 1 is 1.23 bits per heavy atom. The number of ether oxygens (including phenoxy) is 2. The SMILES string of the molecule is O=C(COc1cccc([N+](=O)[O-])c1)N(CCCN1CCOCC1)Cc1ccncc1. The highest BCUT2D eigenvalue weighted by molar-refractivity contribution is 5.77. The van der Waals surface area contributed by atoms with Crippen LogP contribution in [0.3, 0.4) is 0 Å². The second-order valence-electron chi connectivity index (χ2n) is 7.02. The molecule has 1 aliphatic rings. The van der Waals surface area contributed by atoms with Gasteiger partial charge in [-0.2, -0.15) is 0 Å². The standard InChI is InChI=1S/C21H26N4O5/c26-21(17-30-20-4-1-3-19(15-20)25(27)28)24(16-18-5-7-22-8-6-18)10-2-9-23-11-13-29-14-12-23/h1,3-8,15H,2,9-14,16-17H2. The second kappa shape index (κ2) is 11.2. The van der Waals surface area contributed by atoms with E-state index >= 15 is 0 Å². The summed E-state index contributed by atoms with van der Waals surface area (Å²) in [6.07, 6.45) is 4.24. The number of nitro groups is 1. The van der Waals surface area contributed by atoms with Gasteiger partial charge in [0.25, 0.3) is 11.6 Å². The molecule has 0 unspecified atom stereocenters. The van der Waals surface area contributed by atoms with E-state index in [1.54, 1.807) is 23.4 Å². The summed E-state index contributed by atoms with van der Waals surface area (Å²) in [6, 6.07) is 9.60. The summed E-state index contributed by atoms with van der Waals surface area (Å²) in [7, 11) is 0. The highest BCUT2D eigenvalue weighted by Crippen LogP contribution is 2.19. The third-order valence-electron chi connectivity index (χ3n) is 4.87. The zero-order valence-corrected chi connectivity index (χ0v) is 16.8. The van der Waals surface area contributed by atoms with Crippen LogP contribution >= 0.6 is 0 Å². The Hall–Kier alpha value is -3.04. The number of non-ortho nitro benzene ring substituents is 1. The molecule has 2 heterocycles. The minimum absolute atomic E-state index is 0.0703. The van der Waals surface area contributed by atoms with Crippen LogP contribution < -0.4 is 4.74 Å². The summed E-state index contributed by atoms with van der Waals surface area (Å²) in [5.74, 6) is 0.134. The van der Waals surface area contributed by atoms with Crippen LogP contribution in [0, 0.1) is 10.1 Å². The molecule has 1 aromatic heterocycles. The van der Waals surface area contributed by atoms with E-state index in [1.807, 2.05) is 12.1 Å². The summed E-state index contributed by atoms with van der Waals surface area (Å²) < 4.78 is 10.9. The van der Waals surface area contributed by atoms with Crippen molar-refractivity contribution in [2.24, 2.45) is 0 Å². The van der Waals surface area contributed by atoms with Crippen LogP contribution in [-0.4, -0.2) is 71.6 Å². The van der Waals surface area contributed by atoms with Gasteiger partial charge in [-0.05, 0) is 30.2 Å². The molecule has 0 N–H and O–H groups in total. The first-order chi connectivity index (χ1) is 14.6. The maximum Gasteiger partial charge on any atom is 0.273 e. The summed E-state index contributed by atoms with van der Waals surface area (Å²) in [4.78, 5) is 31.4. The number of hydrogen-bond donors (Lipinski definition) is 0. The van der Waals surface area contributed by atoms with E-state index in [4.69, 9.17) is 9.47 Å². The fourth-order valence-corrected chi connectivity index (χ4v) is 3.23. The fourth-order valence-electron chi connectivity index (χ4n) is 3.23. The monoisotopic (exact) mass is 414 g/mol. The summed E-state index contributed by atoms with van der Waals surface area (Å²) in [5.41, 5.74) is 0.916. The molecule has 0 saturated carbocycles. The lowest BCUT2D eigenvalue weighted by Gasteiger charge is -2.28. The minimum Gasteiger partial charge on any atom is -0.484 e. The lowest BCUT2D eigenvalue weighted by molar-refractivity contribution is -0.384. The molecular weight excluding hydrogens is 388 g/mol. The number of pyridine rings is 1. The van der Waals surface area contributed by atoms with Gasteiger partial charge in [0, 0.05) is 51.2 Å². The van der Waals surface area contributed by atoms with Crippen molar-refractivity contribution in [1.29, 1.82) is 0 Å². The van der Waals surface area contributed by atoms with Crippen LogP contribution in [0.15, 0.2) is 48.8 Å². The number of morpholine rings is 1. The van der Waals surface area contributed by atoms with Gasteiger partial charge in [-0.15, -0.1) is 0 Å². The smallest absolute Gasteiger partial charge is 0.273 e. The normalized spacial score (nSPS) is 14.3. The van der Waals surface area contributed by atoms with Crippen LogP contribution in [0.4, 0.5) is 5.69 Å². The van der Waals surface area contributed by atoms with Crippen LogP contribution in [0.5, 0.6) is 5.75 Å². The molecule has 160 valence electrons. The van der Waals surface area contributed by atoms with Crippen LogP contribution in [0.2, 0.25) is 0 Å². The first-order valence-electron chi connectivity index (χ1n) is 9.96.